The molecule has 0 spiro atoms. The van der Waals surface area contributed by atoms with Crippen molar-refractivity contribution < 1.29 is 36.6 Å². The monoisotopic (exact) mass is 270 g/mol. The Morgan fingerprint density at radius 3 is 1.33 bits per heavy atom. The van der Waals surface area contributed by atoms with Crippen molar-refractivity contribution >= 4 is 35.1 Å². The van der Waals surface area contributed by atoms with Crippen molar-refractivity contribution in [2.45, 2.75) is 16.6 Å². The molecule has 1 heterocycles. The van der Waals surface area contributed by atoms with Gasteiger partial charge in [0.25, 0.3) is 0 Å². The summed E-state index contributed by atoms with van der Waals surface area (Å²) < 4.78 is 57.1. The van der Waals surface area contributed by atoms with Gasteiger partial charge in [-0.2, -0.15) is 17.6 Å². The van der Waals surface area contributed by atoms with Crippen LogP contribution in [-0.2, 0) is 19.1 Å². The van der Waals surface area contributed by atoms with E-state index in [1.165, 1.54) is 0 Å². The number of esters is 2. The van der Waals surface area contributed by atoms with E-state index in [1.807, 2.05) is 0 Å². The highest BCUT2D eigenvalue weighted by molar-refractivity contribution is 6.33. The van der Waals surface area contributed by atoms with Crippen LogP contribution in [0.1, 0.15) is 0 Å². The van der Waals surface area contributed by atoms with Crippen molar-refractivity contribution in [3.63, 3.8) is 0 Å². The smallest absolute Gasteiger partial charge is 0.401 e. The van der Waals surface area contributed by atoms with Crippen molar-refractivity contribution in [3.8, 4) is 0 Å². The predicted octanol–water partition coefficient (Wildman–Crippen LogP) is 1.45. The molecule has 0 amide bonds. The van der Waals surface area contributed by atoms with Gasteiger partial charge in [0, 0.05) is 0 Å². The lowest BCUT2D eigenvalue weighted by Crippen LogP contribution is -2.57. The van der Waals surface area contributed by atoms with Crippen LogP contribution in [0.15, 0.2) is 0 Å². The molecule has 1 aliphatic heterocycles. The molecular weight excluding hydrogens is 271 g/mol. The van der Waals surface area contributed by atoms with Crippen molar-refractivity contribution in [3.05, 3.63) is 0 Å². The molecule has 15 heavy (non-hydrogen) atoms. The maximum Gasteiger partial charge on any atom is 0.421 e. The van der Waals surface area contributed by atoms with Gasteiger partial charge in [0.2, 0.25) is 0 Å². The SMILES string of the molecule is O=C1OC(C(F)(F)Cl)(C(F)(F)Cl)OC1=O. The average molecular weight is 271 g/mol. The lowest BCUT2D eigenvalue weighted by atomic mass is 10.3. The van der Waals surface area contributed by atoms with E-state index in [1.54, 1.807) is 0 Å². The van der Waals surface area contributed by atoms with Gasteiger partial charge < -0.3 is 9.47 Å². The first kappa shape index (κ1) is 12.3. The summed E-state index contributed by atoms with van der Waals surface area (Å²) in [6.45, 7) is 0. The Bertz CT molecular complexity index is 288. The number of cyclic esters (lactones) is 2. The predicted molar refractivity (Wildman–Crippen MR) is 36.5 cm³/mol. The Morgan fingerprint density at radius 1 is 0.933 bits per heavy atom. The summed E-state index contributed by atoms with van der Waals surface area (Å²) in [6.07, 6.45) is 0. The zero-order valence-corrected chi connectivity index (χ0v) is 7.91. The van der Waals surface area contributed by atoms with Crippen LogP contribution >= 0.6 is 23.2 Å². The molecule has 0 N–H and O–H groups in total. The summed E-state index contributed by atoms with van der Waals surface area (Å²) in [5, 5.41) is -9.75. The minimum Gasteiger partial charge on any atom is -0.401 e. The molecule has 0 atom stereocenters. The molecule has 1 fully saturated rings. The number of hydrogen-bond donors (Lipinski definition) is 0. The second-order valence-corrected chi connectivity index (χ2v) is 3.34. The highest BCUT2D eigenvalue weighted by atomic mass is 35.5. The second-order valence-electron chi connectivity index (χ2n) is 2.39. The summed E-state index contributed by atoms with van der Waals surface area (Å²) in [6, 6.07) is 0. The van der Waals surface area contributed by atoms with Crippen molar-refractivity contribution in [1.29, 1.82) is 0 Å². The van der Waals surface area contributed by atoms with Gasteiger partial charge in [-0.1, -0.05) is 0 Å². The zero-order valence-electron chi connectivity index (χ0n) is 6.40. The lowest BCUT2D eigenvalue weighted by Gasteiger charge is -2.31. The summed E-state index contributed by atoms with van der Waals surface area (Å²) in [4.78, 5) is 20.8. The van der Waals surface area contributed by atoms with Gasteiger partial charge >= 0.3 is 28.5 Å². The number of alkyl halides is 6. The van der Waals surface area contributed by atoms with Gasteiger partial charge in [0.05, 0.1) is 0 Å². The Labute approximate surface area is 89.0 Å². The average Bonchev–Trinajstić information content (AvgIpc) is 2.26. The maximum atomic E-state index is 12.6. The fourth-order valence-corrected chi connectivity index (χ4v) is 1.20. The van der Waals surface area contributed by atoms with E-state index in [9.17, 15) is 27.2 Å². The van der Waals surface area contributed by atoms with Crippen LogP contribution in [0.25, 0.3) is 0 Å². The Kier molecular flexibility index (Phi) is 2.56. The third-order valence-electron chi connectivity index (χ3n) is 1.39. The molecule has 4 nitrogen and oxygen atoms in total. The first-order valence-corrected chi connectivity index (χ1v) is 3.86. The van der Waals surface area contributed by atoms with E-state index in [4.69, 9.17) is 0 Å². The fourth-order valence-electron chi connectivity index (χ4n) is 0.757. The minimum atomic E-state index is -4.87. The number of rotatable bonds is 2. The molecule has 1 rings (SSSR count). The van der Waals surface area contributed by atoms with E-state index in [2.05, 4.69) is 32.7 Å². The molecule has 0 bridgehead atoms. The van der Waals surface area contributed by atoms with Crippen LogP contribution in [0.4, 0.5) is 17.6 Å². The van der Waals surface area contributed by atoms with E-state index in [0.717, 1.165) is 0 Å². The highest BCUT2D eigenvalue weighted by Gasteiger charge is 2.78. The first-order chi connectivity index (χ1) is 6.51. The molecule has 86 valence electrons. The minimum absolute atomic E-state index is 2.03. The first-order valence-electron chi connectivity index (χ1n) is 3.11. The maximum absolute atomic E-state index is 12.6. The molecule has 0 saturated carbocycles. The van der Waals surface area contributed by atoms with E-state index in [-0.39, 0.29) is 0 Å². The van der Waals surface area contributed by atoms with Gasteiger partial charge in [-0.25, -0.2) is 9.59 Å². The number of halogens is 6. The Hall–Kier alpha value is -0.760. The molecule has 1 aliphatic rings. The Balaban J connectivity index is 3.24. The van der Waals surface area contributed by atoms with E-state index in [0.29, 0.717) is 0 Å². The van der Waals surface area contributed by atoms with Crippen LogP contribution < -0.4 is 0 Å². The van der Waals surface area contributed by atoms with Crippen LogP contribution in [0.2, 0.25) is 0 Å². The molecule has 0 unspecified atom stereocenters. The molecule has 1 saturated heterocycles. The van der Waals surface area contributed by atoms with Gasteiger partial charge in [0.15, 0.2) is 0 Å². The van der Waals surface area contributed by atoms with Crippen molar-refractivity contribution in [1.82, 2.24) is 0 Å². The van der Waals surface area contributed by atoms with E-state index >= 15 is 0 Å². The zero-order chi connectivity index (χ0) is 12.1. The van der Waals surface area contributed by atoms with Gasteiger partial charge in [0.1, 0.15) is 0 Å². The van der Waals surface area contributed by atoms with Gasteiger partial charge in [-0.15, -0.1) is 0 Å². The summed E-state index contributed by atoms with van der Waals surface area (Å²) >= 11 is 8.52. The number of hydrogen-bond acceptors (Lipinski definition) is 4. The second kappa shape index (κ2) is 3.11. The number of carbonyl (C=O) groups excluding carboxylic acids is 2. The number of carbonyl (C=O) groups is 2. The Morgan fingerprint density at radius 2 is 1.20 bits per heavy atom. The summed E-state index contributed by atoms with van der Waals surface area (Å²) in [5.74, 6) is -8.39. The molecule has 10 heteroatoms. The van der Waals surface area contributed by atoms with Crippen LogP contribution in [0, 0.1) is 0 Å². The lowest BCUT2D eigenvalue weighted by molar-refractivity contribution is -0.312. The largest absolute Gasteiger partial charge is 0.421 e. The molecule has 0 aromatic carbocycles. The fraction of sp³-hybridized carbons (Fsp3) is 0.600. The van der Waals surface area contributed by atoms with E-state index < -0.39 is 28.5 Å². The quantitative estimate of drug-likeness (QED) is 0.330. The summed E-state index contributed by atoms with van der Waals surface area (Å²) in [7, 11) is 0. The van der Waals surface area contributed by atoms with Crippen molar-refractivity contribution in [2.24, 2.45) is 0 Å². The third-order valence-corrected chi connectivity index (χ3v) is 1.88. The standard InChI is InChI=1S/C5Cl2F4O4/c6-4(8,9)3(5(7,10)11)14-1(12)2(13)15-3. The molecule has 0 aromatic heterocycles. The van der Waals surface area contributed by atoms with Gasteiger partial charge in [-0.3, -0.25) is 0 Å². The topological polar surface area (TPSA) is 52.6 Å². The molecule has 0 aromatic rings. The highest BCUT2D eigenvalue weighted by Crippen LogP contribution is 2.51. The third kappa shape index (κ3) is 1.71. The summed E-state index contributed by atoms with van der Waals surface area (Å²) in [5.41, 5.74) is 0. The van der Waals surface area contributed by atoms with Crippen LogP contribution in [0.5, 0.6) is 0 Å². The van der Waals surface area contributed by atoms with Crippen molar-refractivity contribution in [2.75, 3.05) is 0 Å². The number of ether oxygens (including phenoxy) is 2. The molecule has 0 aliphatic carbocycles. The molecular formula is C5Cl2F4O4. The normalized spacial score (nSPS) is 21.2. The molecule has 0 radical (unpaired) electrons. The van der Waals surface area contributed by atoms with Gasteiger partial charge in [-0.05, 0) is 23.2 Å². The van der Waals surface area contributed by atoms with Crippen LogP contribution in [0.3, 0.4) is 0 Å². The van der Waals surface area contributed by atoms with Crippen LogP contribution in [-0.4, -0.2) is 28.5 Å².